The second kappa shape index (κ2) is 9.47. The Balaban J connectivity index is 1.21. The molecule has 5 nitrogen and oxygen atoms in total. The lowest BCUT2D eigenvalue weighted by Crippen LogP contribution is -2.33. The van der Waals surface area contributed by atoms with Crippen molar-refractivity contribution in [3.8, 4) is 11.5 Å². The van der Waals surface area contributed by atoms with Crippen molar-refractivity contribution in [2.75, 3.05) is 10.6 Å². The van der Waals surface area contributed by atoms with Gasteiger partial charge in [-0.3, -0.25) is 0 Å². The van der Waals surface area contributed by atoms with E-state index in [1.165, 1.54) is 5.56 Å². The summed E-state index contributed by atoms with van der Waals surface area (Å²) in [6.45, 7) is 2.69. The Bertz CT molecular complexity index is 1770. The highest BCUT2D eigenvalue weighted by Gasteiger charge is 2.53. The molecule has 2 heterocycles. The van der Waals surface area contributed by atoms with Crippen LogP contribution in [0.15, 0.2) is 109 Å². The highest BCUT2D eigenvalue weighted by molar-refractivity contribution is 6.31. The van der Waals surface area contributed by atoms with Crippen molar-refractivity contribution in [3.05, 3.63) is 148 Å². The first kappa shape index (κ1) is 24.3. The number of rotatable bonds is 5. The predicted octanol–water partition coefficient (Wildman–Crippen LogP) is 8.57. The summed E-state index contributed by atoms with van der Waals surface area (Å²) in [5, 5.41) is 7.51. The van der Waals surface area contributed by atoms with E-state index in [0.717, 1.165) is 40.3 Å². The SMILES string of the molecule is Cc1cc2c(cc1Cl)C1(OC(=O)c3ccccc31)c1ccc(Nc3ccc(NCc4ccccc4)cc3)cc1O2. The number of benzene rings is 5. The number of ether oxygens (including phenoxy) is 2. The molecule has 0 amide bonds. The second-order valence-corrected chi connectivity index (χ2v) is 10.5. The molecule has 1 atom stereocenters. The van der Waals surface area contributed by atoms with Gasteiger partial charge < -0.3 is 20.1 Å². The third kappa shape index (κ3) is 3.98. The summed E-state index contributed by atoms with van der Waals surface area (Å²) >= 11 is 6.56. The van der Waals surface area contributed by atoms with Gasteiger partial charge in [0.15, 0.2) is 5.60 Å². The molecule has 5 aromatic carbocycles. The van der Waals surface area contributed by atoms with E-state index < -0.39 is 5.60 Å². The molecule has 2 aliphatic heterocycles. The van der Waals surface area contributed by atoms with E-state index in [4.69, 9.17) is 21.1 Å². The third-order valence-corrected chi connectivity index (χ3v) is 7.91. The maximum atomic E-state index is 13.1. The van der Waals surface area contributed by atoms with E-state index in [-0.39, 0.29) is 5.97 Å². The van der Waals surface area contributed by atoms with Crippen LogP contribution in [-0.2, 0) is 16.9 Å². The van der Waals surface area contributed by atoms with Crippen LogP contribution in [0.4, 0.5) is 17.1 Å². The van der Waals surface area contributed by atoms with E-state index in [1.54, 1.807) is 6.07 Å². The van der Waals surface area contributed by atoms with Crippen molar-refractivity contribution in [1.29, 1.82) is 0 Å². The molecule has 1 spiro atoms. The van der Waals surface area contributed by atoms with Gasteiger partial charge in [0.2, 0.25) is 0 Å². The Hall–Kier alpha value is -4.74. The van der Waals surface area contributed by atoms with Crippen LogP contribution in [0.2, 0.25) is 5.02 Å². The van der Waals surface area contributed by atoms with Gasteiger partial charge in [0.1, 0.15) is 11.5 Å². The van der Waals surface area contributed by atoms with Crippen LogP contribution in [0.1, 0.15) is 38.2 Å². The van der Waals surface area contributed by atoms with Gasteiger partial charge in [0.25, 0.3) is 0 Å². The summed E-state index contributed by atoms with van der Waals surface area (Å²) in [6, 6.07) is 35.6. The van der Waals surface area contributed by atoms with Crippen LogP contribution < -0.4 is 15.4 Å². The van der Waals surface area contributed by atoms with Crippen molar-refractivity contribution >= 4 is 34.6 Å². The van der Waals surface area contributed by atoms with Gasteiger partial charge in [-0.2, -0.15) is 0 Å². The Labute approximate surface area is 237 Å². The first-order valence-corrected chi connectivity index (χ1v) is 13.5. The highest BCUT2D eigenvalue weighted by atomic mass is 35.5. The zero-order valence-corrected chi connectivity index (χ0v) is 22.5. The quantitative estimate of drug-likeness (QED) is 0.217. The highest BCUT2D eigenvalue weighted by Crippen LogP contribution is 2.57. The second-order valence-electron chi connectivity index (χ2n) is 10.1. The lowest BCUT2D eigenvalue weighted by atomic mass is 9.77. The molecule has 7 rings (SSSR count). The van der Waals surface area contributed by atoms with Crippen LogP contribution in [0.25, 0.3) is 0 Å². The molecule has 2 aliphatic rings. The van der Waals surface area contributed by atoms with Crippen molar-refractivity contribution in [1.82, 2.24) is 0 Å². The molecule has 6 heteroatoms. The number of carbonyl (C=O) groups excluding carboxylic acids is 1. The summed E-state index contributed by atoms with van der Waals surface area (Å²) in [6.07, 6.45) is 0. The molecule has 5 aromatic rings. The molecule has 196 valence electrons. The van der Waals surface area contributed by atoms with Crippen molar-refractivity contribution in [2.24, 2.45) is 0 Å². The van der Waals surface area contributed by atoms with E-state index >= 15 is 0 Å². The average molecular weight is 545 g/mol. The van der Waals surface area contributed by atoms with E-state index in [9.17, 15) is 4.79 Å². The zero-order valence-electron chi connectivity index (χ0n) is 21.7. The van der Waals surface area contributed by atoms with Crippen molar-refractivity contribution in [3.63, 3.8) is 0 Å². The molecule has 0 bridgehead atoms. The number of halogens is 1. The fourth-order valence-electron chi connectivity index (χ4n) is 5.51. The van der Waals surface area contributed by atoms with Gasteiger partial charge >= 0.3 is 5.97 Å². The van der Waals surface area contributed by atoms with Crippen LogP contribution in [0.3, 0.4) is 0 Å². The fraction of sp³-hybridized carbons (Fsp3) is 0.0882. The van der Waals surface area contributed by atoms with Gasteiger partial charge in [-0.1, -0.05) is 60.1 Å². The molecule has 0 fully saturated rings. The van der Waals surface area contributed by atoms with Crippen LogP contribution in [0.5, 0.6) is 11.5 Å². The minimum atomic E-state index is -1.14. The fourth-order valence-corrected chi connectivity index (χ4v) is 5.67. The van der Waals surface area contributed by atoms with Crippen molar-refractivity contribution in [2.45, 2.75) is 19.1 Å². The van der Waals surface area contributed by atoms with E-state index in [1.807, 2.05) is 97.9 Å². The molecule has 0 radical (unpaired) electrons. The Kier molecular flexibility index (Phi) is 5.76. The van der Waals surface area contributed by atoms with Gasteiger partial charge in [-0.25, -0.2) is 4.79 Å². The monoisotopic (exact) mass is 544 g/mol. The van der Waals surface area contributed by atoms with Crippen LogP contribution >= 0.6 is 11.6 Å². The third-order valence-electron chi connectivity index (χ3n) is 7.51. The Morgan fingerprint density at radius 2 is 1.43 bits per heavy atom. The maximum absolute atomic E-state index is 13.1. The lowest BCUT2D eigenvalue weighted by Gasteiger charge is -2.37. The molecule has 40 heavy (non-hydrogen) atoms. The number of aryl methyl sites for hydroxylation is 1. The minimum Gasteiger partial charge on any atom is -0.456 e. The molecule has 2 N–H and O–H groups in total. The standard InChI is InChI=1S/C34H25ClN2O3/c1-21-17-31-29(19-30(21)35)34(27-10-6-5-9-26(27)33(38)40-34)28-16-15-25(18-32(28)39-31)37-24-13-11-23(12-14-24)36-20-22-7-3-2-4-8-22/h2-19,36-37H,20H2,1H3. The van der Waals surface area contributed by atoms with E-state index in [2.05, 4.69) is 22.8 Å². The zero-order chi connectivity index (χ0) is 27.3. The summed E-state index contributed by atoms with van der Waals surface area (Å²) < 4.78 is 12.7. The number of fused-ring (bicyclic) bond motifs is 6. The molecule has 1 unspecified atom stereocenters. The van der Waals surface area contributed by atoms with Gasteiger partial charge in [-0.15, -0.1) is 0 Å². The van der Waals surface area contributed by atoms with Crippen LogP contribution in [0, 0.1) is 6.92 Å². The number of nitrogens with one attached hydrogen (secondary N) is 2. The molecule has 0 saturated carbocycles. The van der Waals surface area contributed by atoms with E-state index in [0.29, 0.717) is 27.6 Å². The number of esters is 1. The molecular formula is C34H25ClN2O3. The van der Waals surface area contributed by atoms with Gasteiger partial charge in [-0.05, 0) is 72.6 Å². The van der Waals surface area contributed by atoms with Crippen molar-refractivity contribution < 1.29 is 14.3 Å². The van der Waals surface area contributed by atoms with Gasteiger partial charge in [0.05, 0.1) is 5.56 Å². The smallest absolute Gasteiger partial charge is 0.340 e. The number of hydrogen-bond acceptors (Lipinski definition) is 5. The van der Waals surface area contributed by atoms with Gasteiger partial charge in [0, 0.05) is 51.4 Å². The summed E-state index contributed by atoms with van der Waals surface area (Å²) in [5.41, 5.74) is 6.60. The normalized spacial score (nSPS) is 16.4. The molecule has 0 saturated heterocycles. The minimum absolute atomic E-state index is 0.366. The molecular weight excluding hydrogens is 520 g/mol. The first-order valence-electron chi connectivity index (χ1n) is 13.1. The molecule has 0 aliphatic carbocycles. The number of anilines is 3. The lowest BCUT2D eigenvalue weighted by molar-refractivity contribution is 0.0224. The Morgan fingerprint density at radius 3 is 2.25 bits per heavy atom. The number of hydrogen-bond donors (Lipinski definition) is 2. The first-order chi connectivity index (χ1) is 19.5. The predicted molar refractivity (Wildman–Crippen MR) is 158 cm³/mol. The topological polar surface area (TPSA) is 59.6 Å². The molecule has 0 aromatic heterocycles. The summed E-state index contributed by atoms with van der Waals surface area (Å²) in [7, 11) is 0. The number of carbonyl (C=O) groups is 1. The summed E-state index contributed by atoms with van der Waals surface area (Å²) in [5.74, 6) is 0.865. The van der Waals surface area contributed by atoms with Crippen LogP contribution in [-0.4, -0.2) is 5.97 Å². The largest absolute Gasteiger partial charge is 0.456 e. The Morgan fingerprint density at radius 1 is 0.725 bits per heavy atom. The summed E-state index contributed by atoms with van der Waals surface area (Å²) in [4.78, 5) is 13.1. The maximum Gasteiger partial charge on any atom is 0.340 e. The average Bonchev–Trinajstić information content (AvgIpc) is 3.27.